The number of hydrogen-bond donors (Lipinski definition) is 5. The highest BCUT2D eigenvalue weighted by atomic mass is 16.1. The number of nitrogens with zero attached hydrogens (tertiary/aromatic N) is 1. The van der Waals surface area contributed by atoms with Gasteiger partial charge in [0, 0.05) is 18.8 Å². The number of carbonyl (C=O) groups is 2. The van der Waals surface area contributed by atoms with Gasteiger partial charge < -0.3 is 21.3 Å². The highest BCUT2D eigenvalue weighted by Gasteiger charge is 2.25. The molecular weight excluding hydrogens is 452 g/mol. The predicted octanol–water partition coefficient (Wildman–Crippen LogP) is 3.74. The van der Waals surface area contributed by atoms with Gasteiger partial charge >= 0.3 is 0 Å². The first kappa shape index (κ1) is 33.6. The summed E-state index contributed by atoms with van der Waals surface area (Å²) in [6.45, 7) is 13.5. The summed E-state index contributed by atoms with van der Waals surface area (Å²) in [5.74, 6) is 7.68. The van der Waals surface area contributed by atoms with Gasteiger partial charge in [0.25, 0.3) is 0 Å². The van der Waals surface area contributed by atoms with E-state index in [4.69, 9.17) is 5.73 Å². The number of allylic oxidation sites excluding steroid dienone is 2. The second-order valence-corrected chi connectivity index (χ2v) is 10.4. The SMILES string of the molecule is CC(C)(C)CC(=C1CCC1)N1CCCC1.CCC(NC=O)c1ccccc1.CNC(C)C(N)=O.NN. The predicted molar refractivity (Wildman–Crippen MR) is 151 cm³/mol. The van der Waals surface area contributed by atoms with Crippen LogP contribution in [0.3, 0.4) is 0 Å². The van der Waals surface area contributed by atoms with Crippen molar-refractivity contribution in [2.24, 2.45) is 22.8 Å². The number of rotatable bonds is 8. The number of hydrazine groups is 1. The van der Waals surface area contributed by atoms with E-state index >= 15 is 0 Å². The Morgan fingerprint density at radius 2 is 1.64 bits per heavy atom. The molecule has 0 radical (unpaired) electrons. The van der Waals surface area contributed by atoms with E-state index in [0.29, 0.717) is 5.41 Å². The summed E-state index contributed by atoms with van der Waals surface area (Å²) < 4.78 is 0. The molecule has 3 rings (SSSR count). The number of benzene rings is 1. The number of hydrogen-bond acceptors (Lipinski definition) is 6. The fraction of sp³-hybridized carbons (Fsp3) is 0.643. The van der Waals surface area contributed by atoms with Gasteiger partial charge in [0.15, 0.2) is 0 Å². The summed E-state index contributed by atoms with van der Waals surface area (Å²) in [6, 6.07) is 9.91. The van der Waals surface area contributed by atoms with Crippen molar-refractivity contribution in [3.8, 4) is 0 Å². The number of primary amides is 1. The van der Waals surface area contributed by atoms with Crippen LogP contribution in [0.2, 0.25) is 0 Å². The highest BCUT2D eigenvalue weighted by Crippen LogP contribution is 2.37. The minimum atomic E-state index is -0.317. The average Bonchev–Trinajstić information content (AvgIpc) is 3.37. The van der Waals surface area contributed by atoms with Crippen molar-refractivity contribution in [1.82, 2.24) is 15.5 Å². The third-order valence-electron chi connectivity index (χ3n) is 6.29. The third kappa shape index (κ3) is 13.6. The smallest absolute Gasteiger partial charge is 0.234 e. The lowest BCUT2D eigenvalue weighted by molar-refractivity contribution is -0.119. The Bertz CT molecular complexity index is 749. The molecule has 36 heavy (non-hydrogen) atoms. The lowest BCUT2D eigenvalue weighted by atomic mass is 9.83. The molecule has 206 valence electrons. The second kappa shape index (κ2) is 18.8. The first-order valence-electron chi connectivity index (χ1n) is 13.1. The zero-order chi connectivity index (χ0) is 27.6. The molecule has 2 aliphatic rings. The topological polar surface area (TPSA) is 140 Å². The monoisotopic (exact) mass is 504 g/mol. The summed E-state index contributed by atoms with van der Waals surface area (Å²) in [6.07, 6.45) is 9.94. The van der Waals surface area contributed by atoms with Crippen LogP contribution in [-0.2, 0) is 9.59 Å². The lowest BCUT2D eigenvalue weighted by Gasteiger charge is -2.33. The van der Waals surface area contributed by atoms with Crippen LogP contribution < -0.4 is 28.1 Å². The van der Waals surface area contributed by atoms with Gasteiger partial charge in [-0.05, 0) is 69.9 Å². The molecule has 0 bridgehead atoms. The van der Waals surface area contributed by atoms with Gasteiger partial charge in [0.05, 0.1) is 12.1 Å². The van der Waals surface area contributed by atoms with Crippen molar-refractivity contribution in [2.75, 3.05) is 20.1 Å². The van der Waals surface area contributed by atoms with Gasteiger partial charge in [-0.2, -0.15) is 0 Å². The molecule has 2 fully saturated rings. The number of likely N-dealkylation sites (tertiary alicyclic amines) is 1. The van der Waals surface area contributed by atoms with Crippen molar-refractivity contribution in [1.29, 1.82) is 0 Å². The zero-order valence-electron chi connectivity index (χ0n) is 23.5. The average molecular weight is 505 g/mol. The van der Waals surface area contributed by atoms with Gasteiger partial charge in [0.2, 0.25) is 12.3 Å². The summed E-state index contributed by atoms with van der Waals surface area (Å²) in [7, 11) is 1.69. The fourth-order valence-corrected chi connectivity index (χ4v) is 3.95. The Labute approximate surface area is 219 Å². The van der Waals surface area contributed by atoms with Crippen LogP contribution in [0.25, 0.3) is 0 Å². The largest absolute Gasteiger partial charge is 0.375 e. The van der Waals surface area contributed by atoms with Crippen LogP contribution in [-0.4, -0.2) is 43.4 Å². The Kier molecular flexibility index (Phi) is 17.5. The summed E-state index contributed by atoms with van der Waals surface area (Å²) in [4.78, 5) is 23.0. The number of nitrogens with two attached hydrogens (primary N) is 3. The number of nitrogens with one attached hydrogen (secondary N) is 2. The standard InChI is InChI=1S/C14H25N.C10H13NO.C4H10N2O.H4N2/c1-14(2,3)11-13(12-7-6-8-12)15-9-4-5-10-15;1-2-10(11-8-12)9-6-4-3-5-7-9;1-3(6-2)4(5)7;1-2/h4-11H2,1-3H3;3-8,10H,2H2,1H3,(H,11,12);3,6H,1-2H3,(H2,5,7);1-2H2. The normalized spacial score (nSPS) is 15.9. The Hall–Kier alpha value is -2.42. The maximum atomic E-state index is 10.2. The molecule has 8 heteroatoms. The Morgan fingerprint density at radius 1 is 1.08 bits per heavy atom. The molecule has 2 atom stereocenters. The van der Waals surface area contributed by atoms with Crippen molar-refractivity contribution in [3.63, 3.8) is 0 Å². The van der Waals surface area contributed by atoms with E-state index in [9.17, 15) is 9.59 Å². The second-order valence-electron chi connectivity index (χ2n) is 10.4. The van der Waals surface area contributed by atoms with E-state index in [-0.39, 0.29) is 18.0 Å². The molecule has 1 aromatic rings. The van der Waals surface area contributed by atoms with Crippen LogP contribution in [0.4, 0.5) is 0 Å². The summed E-state index contributed by atoms with van der Waals surface area (Å²) >= 11 is 0. The molecular formula is C28H52N6O2. The Balaban J connectivity index is 0.000000524. The van der Waals surface area contributed by atoms with E-state index in [0.717, 1.165) is 18.4 Å². The van der Waals surface area contributed by atoms with Gasteiger partial charge in [0.1, 0.15) is 0 Å². The van der Waals surface area contributed by atoms with Crippen LogP contribution in [0.1, 0.15) is 91.2 Å². The lowest BCUT2D eigenvalue weighted by Crippen LogP contribution is -2.36. The molecule has 8 N–H and O–H groups in total. The molecule has 2 amide bonds. The minimum Gasteiger partial charge on any atom is -0.375 e. The van der Waals surface area contributed by atoms with E-state index in [1.54, 1.807) is 25.2 Å². The van der Waals surface area contributed by atoms with Crippen LogP contribution in [0.5, 0.6) is 0 Å². The van der Waals surface area contributed by atoms with Gasteiger partial charge in [-0.3, -0.25) is 21.3 Å². The van der Waals surface area contributed by atoms with Crippen LogP contribution >= 0.6 is 0 Å². The van der Waals surface area contributed by atoms with E-state index in [2.05, 4.69) is 48.0 Å². The minimum absolute atomic E-state index is 0.156. The zero-order valence-corrected chi connectivity index (χ0v) is 23.5. The summed E-state index contributed by atoms with van der Waals surface area (Å²) in [5, 5.41) is 5.46. The number of carbonyl (C=O) groups excluding carboxylic acids is 2. The first-order chi connectivity index (χ1) is 17.1. The molecule has 0 spiro atoms. The molecule has 1 saturated heterocycles. The first-order valence-corrected chi connectivity index (χ1v) is 13.1. The summed E-state index contributed by atoms with van der Waals surface area (Å²) in [5.41, 5.74) is 9.93. The van der Waals surface area contributed by atoms with E-state index in [1.165, 1.54) is 51.6 Å². The molecule has 1 aromatic carbocycles. The van der Waals surface area contributed by atoms with Crippen molar-refractivity contribution in [2.45, 2.75) is 91.6 Å². The van der Waals surface area contributed by atoms with Gasteiger partial charge in [-0.1, -0.05) is 63.6 Å². The maximum Gasteiger partial charge on any atom is 0.234 e. The molecule has 1 aliphatic carbocycles. The quantitative estimate of drug-likeness (QED) is 0.208. The molecule has 1 saturated carbocycles. The number of likely N-dealkylation sites (N-methyl/N-ethyl adjacent to an activating group) is 1. The van der Waals surface area contributed by atoms with Crippen LogP contribution in [0, 0.1) is 5.41 Å². The molecule has 1 heterocycles. The van der Waals surface area contributed by atoms with E-state index in [1.807, 2.05) is 37.3 Å². The van der Waals surface area contributed by atoms with Gasteiger partial charge in [-0.25, -0.2) is 0 Å². The fourth-order valence-electron chi connectivity index (χ4n) is 3.95. The molecule has 1 aliphatic heterocycles. The molecule has 2 unspecified atom stereocenters. The molecule has 8 nitrogen and oxygen atoms in total. The van der Waals surface area contributed by atoms with Crippen molar-refractivity contribution < 1.29 is 9.59 Å². The van der Waals surface area contributed by atoms with Crippen molar-refractivity contribution in [3.05, 3.63) is 47.2 Å². The Morgan fingerprint density at radius 3 is 1.97 bits per heavy atom. The molecule has 0 aromatic heterocycles. The third-order valence-corrected chi connectivity index (χ3v) is 6.29. The number of amides is 2. The van der Waals surface area contributed by atoms with Gasteiger partial charge in [-0.15, -0.1) is 0 Å². The van der Waals surface area contributed by atoms with E-state index < -0.39 is 0 Å². The maximum absolute atomic E-state index is 10.2. The van der Waals surface area contributed by atoms with Crippen molar-refractivity contribution >= 4 is 12.3 Å². The highest BCUT2D eigenvalue weighted by molar-refractivity contribution is 5.79. The van der Waals surface area contributed by atoms with Crippen LogP contribution in [0.15, 0.2) is 41.6 Å².